The molecule has 3 heterocycles. The van der Waals surface area contributed by atoms with Crippen LogP contribution in [0, 0.1) is 13.8 Å². The second-order valence-corrected chi connectivity index (χ2v) is 8.46. The van der Waals surface area contributed by atoms with Crippen molar-refractivity contribution in [1.82, 2.24) is 15.0 Å². The number of carbonyl (C=O) groups excluding carboxylic acids is 2. The van der Waals surface area contributed by atoms with Gasteiger partial charge in [-0.25, -0.2) is 0 Å². The van der Waals surface area contributed by atoms with Crippen LogP contribution < -0.4 is 0 Å². The van der Waals surface area contributed by atoms with E-state index in [1.54, 1.807) is 0 Å². The van der Waals surface area contributed by atoms with Crippen molar-refractivity contribution < 1.29 is 19.8 Å². The van der Waals surface area contributed by atoms with Gasteiger partial charge >= 0.3 is 0 Å². The lowest BCUT2D eigenvalue weighted by Gasteiger charge is -2.07. The van der Waals surface area contributed by atoms with E-state index >= 15 is 0 Å². The van der Waals surface area contributed by atoms with Gasteiger partial charge in [0.15, 0.2) is 12.6 Å². The molecular weight excluding hydrogens is 418 g/mol. The molecule has 3 rings (SSSR count). The predicted molar refractivity (Wildman–Crippen MR) is 130 cm³/mol. The lowest BCUT2D eigenvalue weighted by molar-refractivity contribution is 0.111. The fourth-order valence-corrected chi connectivity index (χ4v) is 4.89. The molecule has 7 heteroatoms. The van der Waals surface area contributed by atoms with Crippen LogP contribution in [0.4, 0.5) is 0 Å². The average Bonchev–Trinajstić information content (AvgIpc) is 3.46. The largest absolute Gasteiger partial charge is 0.396 e. The highest BCUT2D eigenvalue weighted by Gasteiger charge is 2.25. The molecule has 0 aliphatic rings. The highest BCUT2D eigenvalue weighted by atomic mass is 16.3. The standard InChI is InChI=1S/C26H35N3O4/c1-5-17-18(6-2)24(26-20(10-8-12-31)16(4)22(14-33)28-26)29-23(17)25-19(9-7-11-30)15(3)21(13-32)27-25/h13-14,27-31H,5-12H2,1-4H3. The number of aliphatic hydroxyl groups excluding tert-OH is 2. The molecule has 33 heavy (non-hydrogen) atoms. The first-order valence-electron chi connectivity index (χ1n) is 11.8. The Morgan fingerprint density at radius 3 is 1.30 bits per heavy atom. The minimum atomic E-state index is 0.0851. The Morgan fingerprint density at radius 1 is 0.636 bits per heavy atom. The molecule has 0 fully saturated rings. The number of hydrogen-bond donors (Lipinski definition) is 5. The average molecular weight is 454 g/mol. The topological polar surface area (TPSA) is 122 Å². The van der Waals surface area contributed by atoms with Crippen molar-refractivity contribution in [2.45, 2.75) is 66.2 Å². The van der Waals surface area contributed by atoms with E-state index in [4.69, 9.17) is 0 Å². The normalized spacial score (nSPS) is 11.3. The third-order valence-corrected chi connectivity index (χ3v) is 6.67. The lowest BCUT2D eigenvalue weighted by Crippen LogP contribution is -1.95. The molecule has 0 saturated carbocycles. The molecule has 0 atom stereocenters. The van der Waals surface area contributed by atoms with Gasteiger partial charge in [0.05, 0.1) is 34.2 Å². The van der Waals surface area contributed by atoms with Gasteiger partial charge in [-0.1, -0.05) is 13.8 Å². The van der Waals surface area contributed by atoms with Crippen molar-refractivity contribution >= 4 is 12.6 Å². The van der Waals surface area contributed by atoms with Gasteiger partial charge in [-0.05, 0) is 85.8 Å². The van der Waals surface area contributed by atoms with Crippen LogP contribution >= 0.6 is 0 Å². The summed E-state index contributed by atoms with van der Waals surface area (Å²) in [6, 6.07) is 0. The Labute approximate surface area is 194 Å². The third kappa shape index (κ3) is 4.48. The fraction of sp³-hybridized carbons (Fsp3) is 0.462. The van der Waals surface area contributed by atoms with Gasteiger partial charge in [-0.15, -0.1) is 0 Å². The van der Waals surface area contributed by atoms with E-state index in [1.807, 2.05) is 13.8 Å². The molecular formula is C26H35N3O4. The summed E-state index contributed by atoms with van der Waals surface area (Å²) in [6.07, 6.45) is 5.85. The number of rotatable bonds is 12. The quantitative estimate of drug-likeness (QED) is 0.264. The van der Waals surface area contributed by atoms with Gasteiger partial charge < -0.3 is 25.2 Å². The van der Waals surface area contributed by atoms with E-state index < -0.39 is 0 Å². The van der Waals surface area contributed by atoms with E-state index in [0.717, 1.165) is 70.4 Å². The van der Waals surface area contributed by atoms with Crippen molar-refractivity contribution in [2.75, 3.05) is 13.2 Å². The maximum absolute atomic E-state index is 11.7. The SMILES string of the molecule is CCc1c(-c2[nH]c(C=O)c(C)c2CCCO)[nH]c(-c2[nH]c(C=O)c(C)c2CCCO)c1CC. The molecule has 0 bridgehead atoms. The van der Waals surface area contributed by atoms with Crippen LogP contribution in [0.5, 0.6) is 0 Å². The first-order chi connectivity index (χ1) is 16.0. The summed E-state index contributed by atoms with van der Waals surface area (Å²) >= 11 is 0. The van der Waals surface area contributed by atoms with Gasteiger partial charge in [0, 0.05) is 13.2 Å². The Kier molecular flexibility index (Phi) is 8.10. The molecule has 0 spiro atoms. The fourth-order valence-electron chi connectivity index (χ4n) is 4.89. The predicted octanol–water partition coefficient (Wildman–Crippen LogP) is 4.22. The van der Waals surface area contributed by atoms with Crippen molar-refractivity contribution in [2.24, 2.45) is 0 Å². The molecule has 3 aromatic rings. The van der Waals surface area contributed by atoms with Crippen LogP contribution in [0.1, 0.15) is 81.0 Å². The maximum atomic E-state index is 11.7. The van der Waals surface area contributed by atoms with Crippen LogP contribution in [0.25, 0.3) is 22.8 Å². The summed E-state index contributed by atoms with van der Waals surface area (Å²) in [5.41, 5.74) is 11.0. The zero-order valence-corrected chi connectivity index (χ0v) is 20.0. The number of nitrogens with one attached hydrogen (secondary N) is 3. The number of carbonyl (C=O) groups is 2. The van der Waals surface area contributed by atoms with Crippen molar-refractivity contribution in [1.29, 1.82) is 0 Å². The summed E-state index contributed by atoms with van der Waals surface area (Å²) in [7, 11) is 0. The van der Waals surface area contributed by atoms with Crippen molar-refractivity contribution in [3.8, 4) is 22.8 Å². The number of hydrogen-bond acceptors (Lipinski definition) is 4. The smallest absolute Gasteiger partial charge is 0.166 e. The van der Waals surface area contributed by atoms with Crippen LogP contribution in [0.3, 0.4) is 0 Å². The summed E-state index contributed by atoms with van der Waals surface area (Å²) < 4.78 is 0. The second-order valence-electron chi connectivity index (χ2n) is 8.46. The Bertz CT molecular complexity index is 1050. The van der Waals surface area contributed by atoms with Gasteiger partial charge in [-0.3, -0.25) is 9.59 Å². The van der Waals surface area contributed by atoms with E-state index in [-0.39, 0.29) is 13.2 Å². The molecule has 0 aliphatic carbocycles. The minimum Gasteiger partial charge on any atom is -0.396 e. The second kappa shape index (κ2) is 10.8. The summed E-state index contributed by atoms with van der Waals surface area (Å²) in [5.74, 6) is 0. The Morgan fingerprint density at radius 2 is 1.00 bits per heavy atom. The molecule has 178 valence electrons. The summed E-state index contributed by atoms with van der Waals surface area (Å²) in [4.78, 5) is 33.6. The van der Waals surface area contributed by atoms with Gasteiger partial charge in [0.1, 0.15) is 0 Å². The first-order valence-corrected chi connectivity index (χ1v) is 11.8. The Hall–Kier alpha value is -2.90. The van der Waals surface area contributed by atoms with Crippen LogP contribution in [0.15, 0.2) is 0 Å². The van der Waals surface area contributed by atoms with Gasteiger partial charge in [0.2, 0.25) is 0 Å². The van der Waals surface area contributed by atoms with Crippen LogP contribution in [0.2, 0.25) is 0 Å². The summed E-state index contributed by atoms with van der Waals surface area (Å²) in [6.45, 7) is 8.27. The molecule has 0 aromatic carbocycles. The maximum Gasteiger partial charge on any atom is 0.166 e. The zero-order chi connectivity index (χ0) is 24.1. The van der Waals surface area contributed by atoms with E-state index in [2.05, 4.69) is 28.8 Å². The molecule has 5 N–H and O–H groups in total. The molecule has 0 radical (unpaired) electrons. The molecule has 0 unspecified atom stereocenters. The van der Waals surface area contributed by atoms with E-state index in [9.17, 15) is 19.8 Å². The van der Waals surface area contributed by atoms with Crippen LogP contribution in [-0.4, -0.2) is 51.0 Å². The highest BCUT2D eigenvalue weighted by molar-refractivity contribution is 5.84. The number of aromatic amines is 3. The molecule has 3 aromatic heterocycles. The van der Waals surface area contributed by atoms with Crippen molar-refractivity contribution in [3.05, 3.63) is 44.8 Å². The Balaban J connectivity index is 2.28. The molecule has 0 saturated heterocycles. The number of H-pyrrole nitrogens is 3. The van der Waals surface area contributed by atoms with Crippen molar-refractivity contribution in [3.63, 3.8) is 0 Å². The number of aliphatic hydroxyl groups is 2. The van der Waals surface area contributed by atoms with Gasteiger partial charge in [0.25, 0.3) is 0 Å². The number of aromatic nitrogens is 3. The third-order valence-electron chi connectivity index (χ3n) is 6.67. The zero-order valence-electron chi connectivity index (χ0n) is 20.0. The summed E-state index contributed by atoms with van der Waals surface area (Å²) in [5, 5.41) is 18.8. The first kappa shape index (κ1) is 24.7. The molecule has 7 nitrogen and oxygen atoms in total. The monoisotopic (exact) mass is 453 g/mol. The van der Waals surface area contributed by atoms with E-state index in [0.29, 0.717) is 37.1 Å². The molecule has 0 amide bonds. The number of aldehydes is 2. The lowest BCUT2D eigenvalue weighted by atomic mass is 9.96. The highest BCUT2D eigenvalue weighted by Crippen LogP contribution is 2.39. The molecule has 0 aliphatic heterocycles. The minimum absolute atomic E-state index is 0.0851. The van der Waals surface area contributed by atoms with E-state index in [1.165, 1.54) is 11.1 Å². The van der Waals surface area contributed by atoms with Crippen LogP contribution in [-0.2, 0) is 25.7 Å². The van der Waals surface area contributed by atoms with Gasteiger partial charge in [-0.2, -0.15) is 0 Å².